The molecule has 0 radical (unpaired) electrons. The highest BCUT2D eigenvalue weighted by Gasteiger charge is 2.25. The molecule has 118 valence electrons. The lowest BCUT2D eigenvalue weighted by molar-refractivity contribution is 0.480. The molecule has 0 aliphatic carbocycles. The Morgan fingerprint density at radius 1 is 1.38 bits per heavy atom. The molecular weight excluding hydrogens is 318 g/mol. The molecule has 1 aliphatic heterocycles. The van der Waals surface area contributed by atoms with Crippen molar-refractivity contribution in [3.8, 4) is 0 Å². The molecule has 1 unspecified atom stereocenters. The first-order chi connectivity index (χ1) is 9.94. The Hall–Kier alpha value is -0.700. The first-order valence-electron chi connectivity index (χ1n) is 6.68. The Morgan fingerprint density at radius 3 is 2.76 bits per heavy atom. The minimum Gasteiger partial charge on any atom is -0.316 e. The third kappa shape index (κ3) is 4.15. The van der Waals surface area contributed by atoms with E-state index in [2.05, 4.69) is 10.0 Å². The minimum atomic E-state index is -4.05. The lowest BCUT2D eigenvalue weighted by Gasteiger charge is -2.13. The minimum absolute atomic E-state index is 0.202. The summed E-state index contributed by atoms with van der Waals surface area (Å²) in [5, 5.41) is 2.98. The number of hydrogen-bond acceptors (Lipinski definition) is 4. The van der Waals surface area contributed by atoms with Crippen LogP contribution < -0.4 is 10.0 Å². The number of rotatable bonds is 6. The Balaban J connectivity index is 2.21. The molecule has 1 aliphatic rings. The van der Waals surface area contributed by atoms with Crippen LogP contribution >= 0.6 is 11.8 Å². The van der Waals surface area contributed by atoms with E-state index >= 15 is 0 Å². The van der Waals surface area contributed by atoms with Crippen LogP contribution in [0.25, 0.3) is 0 Å². The van der Waals surface area contributed by atoms with Crippen molar-refractivity contribution in [1.29, 1.82) is 0 Å². The zero-order valence-electron chi connectivity index (χ0n) is 11.7. The van der Waals surface area contributed by atoms with Gasteiger partial charge in [-0.3, -0.25) is 0 Å². The quantitative estimate of drug-likeness (QED) is 0.832. The Morgan fingerprint density at radius 2 is 2.14 bits per heavy atom. The first kappa shape index (κ1) is 16.7. The van der Waals surface area contributed by atoms with Gasteiger partial charge in [-0.25, -0.2) is 21.9 Å². The lowest BCUT2D eigenvalue weighted by atomic mass is 10.2. The number of hydrogen-bond donors (Lipinski definition) is 2. The highest BCUT2D eigenvalue weighted by atomic mass is 32.2. The van der Waals surface area contributed by atoms with Crippen LogP contribution in [0.1, 0.15) is 18.4 Å². The largest absolute Gasteiger partial charge is 0.316 e. The van der Waals surface area contributed by atoms with Gasteiger partial charge in [0.05, 0.1) is 0 Å². The molecule has 4 nitrogen and oxygen atoms in total. The summed E-state index contributed by atoms with van der Waals surface area (Å²) in [5.41, 5.74) is 0.381. The summed E-state index contributed by atoms with van der Waals surface area (Å²) in [6.45, 7) is 0.502. The van der Waals surface area contributed by atoms with Crippen LogP contribution in [0, 0.1) is 11.6 Å². The van der Waals surface area contributed by atoms with E-state index in [1.807, 2.05) is 0 Å². The average Bonchev–Trinajstić information content (AvgIpc) is 2.94. The monoisotopic (exact) mass is 336 g/mol. The van der Waals surface area contributed by atoms with Crippen LogP contribution in [0.15, 0.2) is 17.0 Å². The summed E-state index contributed by atoms with van der Waals surface area (Å²) in [6.07, 6.45) is 1.99. The van der Waals surface area contributed by atoms with Gasteiger partial charge in [0.1, 0.15) is 4.90 Å². The zero-order valence-corrected chi connectivity index (χ0v) is 13.3. The van der Waals surface area contributed by atoms with Crippen molar-refractivity contribution >= 4 is 21.8 Å². The number of thioether (sulfide) groups is 1. The molecule has 1 atom stereocenters. The predicted molar refractivity (Wildman–Crippen MR) is 79.8 cm³/mol. The maximum Gasteiger partial charge on any atom is 0.243 e. The van der Waals surface area contributed by atoms with Crippen LogP contribution in [-0.2, 0) is 16.6 Å². The van der Waals surface area contributed by atoms with Gasteiger partial charge in [-0.15, -0.1) is 0 Å². The van der Waals surface area contributed by atoms with Gasteiger partial charge in [-0.05, 0) is 43.3 Å². The van der Waals surface area contributed by atoms with Gasteiger partial charge in [0, 0.05) is 18.3 Å². The Bertz CT molecular complexity index is 602. The Labute approximate surface area is 127 Å². The van der Waals surface area contributed by atoms with Crippen molar-refractivity contribution in [3.05, 3.63) is 29.3 Å². The predicted octanol–water partition coefficient (Wildman–Crippen LogP) is 1.86. The fourth-order valence-electron chi connectivity index (χ4n) is 2.20. The van der Waals surface area contributed by atoms with E-state index in [-0.39, 0.29) is 18.3 Å². The van der Waals surface area contributed by atoms with Crippen molar-refractivity contribution in [2.75, 3.05) is 19.3 Å². The van der Waals surface area contributed by atoms with E-state index in [1.165, 1.54) is 6.07 Å². The van der Waals surface area contributed by atoms with Crippen molar-refractivity contribution in [2.24, 2.45) is 0 Å². The summed E-state index contributed by atoms with van der Waals surface area (Å²) >= 11 is 1.69. The molecule has 21 heavy (non-hydrogen) atoms. The molecule has 0 saturated carbocycles. The molecule has 1 heterocycles. The van der Waals surface area contributed by atoms with Crippen molar-refractivity contribution in [2.45, 2.75) is 29.5 Å². The van der Waals surface area contributed by atoms with Crippen molar-refractivity contribution < 1.29 is 17.2 Å². The average molecular weight is 336 g/mol. The topological polar surface area (TPSA) is 58.2 Å². The molecule has 1 aromatic rings. The second kappa shape index (κ2) is 7.04. The normalized spacial score (nSPS) is 19.1. The third-order valence-corrected chi connectivity index (χ3v) is 6.07. The summed E-state index contributed by atoms with van der Waals surface area (Å²) in [7, 11) is -2.40. The van der Waals surface area contributed by atoms with Gasteiger partial charge in [0.25, 0.3) is 0 Å². The van der Waals surface area contributed by atoms with Crippen molar-refractivity contribution in [1.82, 2.24) is 10.0 Å². The maximum atomic E-state index is 13.8. The molecule has 8 heteroatoms. The molecule has 1 fully saturated rings. The Kier molecular flexibility index (Phi) is 5.59. The van der Waals surface area contributed by atoms with E-state index in [1.54, 1.807) is 18.8 Å². The van der Waals surface area contributed by atoms with Gasteiger partial charge < -0.3 is 5.32 Å². The van der Waals surface area contributed by atoms with Gasteiger partial charge in [-0.2, -0.15) is 11.8 Å². The fraction of sp³-hybridized carbons (Fsp3) is 0.538. The van der Waals surface area contributed by atoms with E-state index < -0.39 is 26.6 Å². The maximum absolute atomic E-state index is 13.8. The van der Waals surface area contributed by atoms with Crippen LogP contribution in [0.2, 0.25) is 0 Å². The van der Waals surface area contributed by atoms with Crippen LogP contribution in [0.5, 0.6) is 0 Å². The van der Waals surface area contributed by atoms with E-state index in [4.69, 9.17) is 0 Å². The van der Waals surface area contributed by atoms with E-state index in [9.17, 15) is 17.2 Å². The number of sulfonamides is 1. The third-order valence-electron chi connectivity index (χ3n) is 3.25. The molecule has 2 rings (SSSR count). The number of benzene rings is 1. The number of halogens is 2. The van der Waals surface area contributed by atoms with Gasteiger partial charge in [-0.1, -0.05) is 0 Å². The summed E-state index contributed by atoms with van der Waals surface area (Å²) in [6, 6.07) is 2.16. The van der Waals surface area contributed by atoms with Gasteiger partial charge in [0.15, 0.2) is 11.6 Å². The molecule has 0 amide bonds. The standard InChI is InChI=1S/C13H18F2N2O2S2/c1-16-7-9-5-11(14)13(15)12(6-9)21(18,19)17-8-10-3-2-4-20-10/h5-6,10,16-17H,2-4,7-8H2,1H3. The SMILES string of the molecule is CNCc1cc(F)c(F)c(S(=O)(=O)NCC2CCCS2)c1. The molecule has 2 N–H and O–H groups in total. The molecule has 1 aromatic carbocycles. The van der Waals surface area contributed by atoms with Crippen LogP contribution in [-0.4, -0.2) is 33.0 Å². The van der Waals surface area contributed by atoms with Crippen LogP contribution in [0.4, 0.5) is 8.78 Å². The molecular formula is C13H18F2N2O2S2. The van der Waals surface area contributed by atoms with E-state index in [0.717, 1.165) is 24.7 Å². The van der Waals surface area contributed by atoms with Gasteiger partial charge in [0.2, 0.25) is 10.0 Å². The highest BCUT2D eigenvalue weighted by Crippen LogP contribution is 2.26. The number of nitrogens with one attached hydrogen (secondary N) is 2. The molecule has 0 aromatic heterocycles. The highest BCUT2D eigenvalue weighted by molar-refractivity contribution is 8.00. The van der Waals surface area contributed by atoms with E-state index in [0.29, 0.717) is 5.56 Å². The fourth-order valence-corrected chi connectivity index (χ4v) is 4.73. The molecule has 0 spiro atoms. The first-order valence-corrected chi connectivity index (χ1v) is 9.21. The molecule has 0 bridgehead atoms. The second-order valence-electron chi connectivity index (χ2n) is 4.91. The van der Waals surface area contributed by atoms with Gasteiger partial charge >= 0.3 is 0 Å². The lowest BCUT2D eigenvalue weighted by Crippen LogP contribution is -2.30. The van der Waals surface area contributed by atoms with Crippen molar-refractivity contribution in [3.63, 3.8) is 0 Å². The smallest absolute Gasteiger partial charge is 0.243 e. The second-order valence-corrected chi connectivity index (χ2v) is 8.05. The zero-order chi connectivity index (χ0) is 15.5. The summed E-state index contributed by atoms with van der Waals surface area (Å²) < 4.78 is 54.1. The summed E-state index contributed by atoms with van der Waals surface area (Å²) in [5.74, 6) is -1.48. The molecule has 1 saturated heterocycles. The summed E-state index contributed by atoms with van der Waals surface area (Å²) in [4.78, 5) is -0.629. The van der Waals surface area contributed by atoms with Crippen LogP contribution in [0.3, 0.4) is 0 Å².